The number of esters is 2. The van der Waals surface area contributed by atoms with E-state index in [9.17, 15) is 19.8 Å². The lowest BCUT2D eigenvalue weighted by molar-refractivity contribution is -0.171. The molecule has 10 rings (SSSR count). The van der Waals surface area contributed by atoms with Crippen LogP contribution in [0, 0.1) is 0 Å². The highest BCUT2D eigenvalue weighted by molar-refractivity contribution is 5.79. The number of hydrogen-bond donors (Lipinski definition) is 2. The van der Waals surface area contributed by atoms with Crippen LogP contribution < -0.4 is 18.9 Å². The van der Waals surface area contributed by atoms with Gasteiger partial charge in [0, 0.05) is 36.1 Å². The zero-order valence-electron chi connectivity index (χ0n) is 29.9. The van der Waals surface area contributed by atoms with Crippen LogP contribution in [0.5, 0.6) is 23.0 Å². The number of methoxy groups -OCH3 is 2. The number of carbonyl (C=O) groups is 2. The Hall–Kier alpha value is -4.10. The summed E-state index contributed by atoms with van der Waals surface area (Å²) < 4.78 is 36.6. The highest BCUT2D eigenvalue weighted by Crippen LogP contribution is 2.67. The van der Waals surface area contributed by atoms with Crippen LogP contribution in [0.3, 0.4) is 0 Å². The van der Waals surface area contributed by atoms with E-state index in [1.807, 2.05) is 26.2 Å². The molecule has 4 heterocycles. The van der Waals surface area contributed by atoms with Crippen molar-refractivity contribution in [2.45, 2.75) is 97.7 Å². The normalized spacial score (nSPS) is 37.0. The number of ether oxygens (including phenoxy) is 6. The molecule has 0 aromatic heterocycles. The van der Waals surface area contributed by atoms with Crippen molar-refractivity contribution in [1.29, 1.82) is 0 Å². The van der Waals surface area contributed by atoms with Crippen LogP contribution in [0.25, 0.3) is 0 Å². The third-order valence-corrected chi connectivity index (χ3v) is 14.1. The molecule has 2 fully saturated rings. The van der Waals surface area contributed by atoms with Crippen molar-refractivity contribution >= 4 is 11.9 Å². The van der Waals surface area contributed by atoms with Gasteiger partial charge >= 0.3 is 11.9 Å². The maximum atomic E-state index is 13.4. The number of likely N-dealkylation sites (N-methyl/N-ethyl adjacent to an activating group) is 2. The summed E-state index contributed by atoms with van der Waals surface area (Å²) in [5.41, 5.74) is 0.295. The first-order chi connectivity index (χ1) is 25.0. The maximum Gasteiger partial charge on any atom is 0.311 e. The number of piperidine rings is 2. The Bertz CT molecular complexity index is 1870. The highest BCUT2D eigenvalue weighted by atomic mass is 16.6. The van der Waals surface area contributed by atoms with Crippen LogP contribution >= 0.6 is 0 Å². The van der Waals surface area contributed by atoms with Crippen LogP contribution in [0.2, 0.25) is 0 Å². The smallest absolute Gasteiger partial charge is 0.311 e. The van der Waals surface area contributed by atoms with Crippen molar-refractivity contribution in [2.24, 2.45) is 0 Å². The van der Waals surface area contributed by atoms with Crippen LogP contribution in [0.15, 0.2) is 47.9 Å². The van der Waals surface area contributed by atoms with E-state index in [0.29, 0.717) is 73.0 Å². The lowest BCUT2D eigenvalue weighted by Gasteiger charge is -2.61. The lowest BCUT2D eigenvalue weighted by Crippen LogP contribution is -2.74. The third-order valence-electron chi connectivity index (χ3n) is 14.1. The first-order valence-corrected chi connectivity index (χ1v) is 18.4. The first-order valence-electron chi connectivity index (χ1n) is 18.4. The SMILES string of the molecule is COc1ccc2c3c1O[C@H]1C(OC(=O)CCC(=O)OC4=CC[C@@]5(O)[C@H]6Cc7ccc(OC)c8c7[C@@]5(CCN6C)[C@H]4O8)=CC[C@@]4(O)[C@@H](C2)N(C)CC[C@]314. The number of benzene rings is 2. The van der Waals surface area contributed by atoms with Gasteiger partial charge in [0.2, 0.25) is 0 Å². The summed E-state index contributed by atoms with van der Waals surface area (Å²) in [6.45, 7) is 1.51. The minimum absolute atomic E-state index is 0.120. The number of nitrogens with zero attached hydrogens (tertiary/aromatic N) is 2. The van der Waals surface area contributed by atoms with Crippen molar-refractivity contribution in [1.82, 2.24) is 9.80 Å². The molecule has 2 aromatic carbocycles. The van der Waals surface area contributed by atoms with Crippen LogP contribution in [-0.4, -0.2) is 109 Å². The van der Waals surface area contributed by atoms with E-state index in [0.717, 1.165) is 35.3 Å². The Kier molecular flexibility index (Phi) is 6.72. The van der Waals surface area contributed by atoms with Gasteiger partial charge in [0.05, 0.1) is 49.1 Å². The predicted octanol–water partition coefficient (Wildman–Crippen LogP) is 2.83. The third kappa shape index (κ3) is 3.76. The molecule has 8 atom stereocenters. The first kappa shape index (κ1) is 32.5. The average molecular weight is 713 g/mol. The minimum Gasteiger partial charge on any atom is -0.493 e. The monoisotopic (exact) mass is 712 g/mol. The van der Waals surface area contributed by atoms with Crippen molar-refractivity contribution in [3.05, 3.63) is 70.2 Å². The molecule has 12 nitrogen and oxygen atoms in total. The molecule has 8 aliphatic rings. The van der Waals surface area contributed by atoms with E-state index in [1.54, 1.807) is 26.4 Å². The molecule has 0 amide bonds. The number of likely N-dealkylation sites (tertiary alicyclic amines) is 2. The standard InChI is InChI=1S/C40H44N2O10/c1-41-17-15-37-31-21-5-7-23(47-3)33(31)51-35(37)25(11-13-39(37,45)27(41)19-21)49-29(43)9-10-30(44)50-26-12-14-40(46)28-20-22-6-8-24(48-4)34-32(22)38(40,36(26)52-34)16-18-42(28)2/h5-8,11-12,27-28,35-36,45-46H,9-10,13-20H2,1-4H3/t27-,28-,35+,36+,37+,38+,39-,40-/m1/s1. The van der Waals surface area contributed by atoms with Gasteiger partial charge in [-0.1, -0.05) is 12.1 Å². The Morgan fingerprint density at radius 1 is 0.731 bits per heavy atom. The predicted molar refractivity (Wildman–Crippen MR) is 184 cm³/mol. The second-order valence-corrected chi connectivity index (χ2v) is 16.0. The largest absolute Gasteiger partial charge is 0.493 e. The van der Waals surface area contributed by atoms with Gasteiger partial charge in [-0.25, -0.2) is 0 Å². The van der Waals surface area contributed by atoms with E-state index in [1.165, 1.54) is 0 Å². The molecule has 274 valence electrons. The van der Waals surface area contributed by atoms with Crippen molar-refractivity contribution in [3.8, 4) is 23.0 Å². The summed E-state index contributed by atoms with van der Waals surface area (Å²) in [7, 11) is 7.28. The van der Waals surface area contributed by atoms with Gasteiger partial charge in [0.25, 0.3) is 0 Å². The van der Waals surface area contributed by atoms with Gasteiger partial charge in [0.1, 0.15) is 11.5 Å². The molecule has 2 aromatic rings. The number of rotatable bonds is 7. The van der Waals surface area contributed by atoms with E-state index < -0.39 is 46.2 Å². The van der Waals surface area contributed by atoms with Gasteiger partial charge in [-0.3, -0.25) is 9.59 Å². The molecule has 0 saturated carbocycles. The summed E-state index contributed by atoms with van der Waals surface area (Å²) in [4.78, 5) is 31.3. The molecule has 2 saturated heterocycles. The molecule has 4 aliphatic carbocycles. The van der Waals surface area contributed by atoms with Gasteiger partial charge in [0.15, 0.2) is 35.2 Å². The van der Waals surface area contributed by atoms with Crippen LogP contribution in [-0.2, 0) is 42.7 Å². The average Bonchev–Trinajstić information content (AvgIpc) is 3.67. The molecule has 12 heteroatoms. The molecular formula is C40H44N2O10. The summed E-state index contributed by atoms with van der Waals surface area (Å²) >= 11 is 0. The molecular weight excluding hydrogens is 668 g/mol. The van der Waals surface area contributed by atoms with Gasteiger partial charge in [-0.2, -0.15) is 0 Å². The number of carbonyl (C=O) groups excluding carboxylic acids is 2. The van der Waals surface area contributed by atoms with E-state index in [2.05, 4.69) is 21.9 Å². The zero-order valence-corrected chi connectivity index (χ0v) is 29.9. The minimum atomic E-state index is -1.12. The van der Waals surface area contributed by atoms with Gasteiger partial charge in [-0.15, -0.1) is 0 Å². The Morgan fingerprint density at radius 2 is 1.15 bits per heavy atom. The molecule has 4 aliphatic heterocycles. The number of aliphatic hydroxyl groups is 2. The van der Waals surface area contributed by atoms with E-state index in [4.69, 9.17) is 28.4 Å². The lowest BCUT2D eigenvalue weighted by atomic mass is 9.50. The van der Waals surface area contributed by atoms with Crippen molar-refractivity contribution < 1.29 is 48.2 Å². The Morgan fingerprint density at radius 3 is 1.56 bits per heavy atom. The highest BCUT2D eigenvalue weighted by Gasteiger charge is 2.73. The van der Waals surface area contributed by atoms with E-state index in [-0.39, 0.29) is 24.9 Å². The van der Waals surface area contributed by atoms with E-state index >= 15 is 0 Å². The Labute approximate surface area is 301 Å². The molecule has 2 spiro atoms. The summed E-state index contributed by atoms with van der Waals surface area (Å²) in [5, 5.41) is 24.9. The maximum absolute atomic E-state index is 13.4. The molecule has 0 unspecified atom stereocenters. The van der Waals surface area contributed by atoms with Crippen molar-refractivity contribution in [3.63, 3.8) is 0 Å². The fraction of sp³-hybridized carbons (Fsp3) is 0.550. The molecule has 52 heavy (non-hydrogen) atoms. The van der Waals surface area contributed by atoms with Crippen molar-refractivity contribution in [2.75, 3.05) is 41.4 Å². The summed E-state index contributed by atoms with van der Waals surface area (Å²) in [6.07, 6.45) is 4.91. The summed E-state index contributed by atoms with van der Waals surface area (Å²) in [6, 6.07) is 7.66. The molecule has 4 bridgehead atoms. The Balaban J connectivity index is 0.877. The molecule has 2 N–H and O–H groups in total. The zero-order chi connectivity index (χ0) is 35.9. The van der Waals surface area contributed by atoms with Crippen LogP contribution in [0.4, 0.5) is 0 Å². The topological polar surface area (TPSA) is 136 Å². The van der Waals surface area contributed by atoms with Gasteiger partial charge in [-0.05, 0) is 88.3 Å². The molecule has 0 radical (unpaired) electrons. The fourth-order valence-corrected chi connectivity index (χ4v) is 11.7. The quantitative estimate of drug-likeness (QED) is 0.409. The number of hydrogen-bond acceptors (Lipinski definition) is 12. The fourth-order valence-electron chi connectivity index (χ4n) is 11.7. The van der Waals surface area contributed by atoms with Gasteiger partial charge < -0.3 is 48.4 Å². The van der Waals surface area contributed by atoms with Crippen LogP contribution in [0.1, 0.15) is 60.8 Å². The second-order valence-electron chi connectivity index (χ2n) is 16.0. The second kappa shape index (κ2) is 10.7. The summed E-state index contributed by atoms with van der Waals surface area (Å²) in [5.74, 6) is 1.88.